The highest BCUT2D eigenvalue weighted by Crippen LogP contribution is 2.43. The predicted molar refractivity (Wildman–Crippen MR) is 80.7 cm³/mol. The van der Waals surface area contributed by atoms with E-state index >= 15 is 0 Å². The molecule has 1 saturated carbocycles. The van der Waals surface area contributed by atoms with Gasteiger partial charge >= 0.3 is 0 Å². The molecule has 2 unspecified atom stereocenters. The highest BCUT2D eigenvalue weighted by molar-refractivity contribution is 7.85. The van der Waals surface area contributed by atoms with Gasteiger partial charge in [0.05, 0.1) is 4.75 Å². The molecule has 0 amide bonds. The minimum atomic E-state index is -1.15. The van der Waals surface area contributed by atoms with E-state index in [1.54, 1.807) is 0 Å². The molecule has 19 heavy (non-hydrogen) atoms. The first-order valence-corrected chi connectivity index (χ1v) is 7.93. The third-order valence-corrected chi connectivity index (χ3v) is 4.77. The second kappa shape index (κ2) is 5.95. The number of nitrogens with zero attached hydrogens (tertiary/aromatic N) is 2. The summed E-state index contributed by atoms with van der Waals surface area (Å²) >= 11 is 0. The van der Waals surface area contributed by atoms with E-state index in [4.69, 9.17) is 0 Å². The van der Waals surface area contributed by atoms with Crippen molar-refractivity contribution in [2.45, 2.75) is 50.7 Å². The second-order valence-electron chi connectivity index (χ2n) is 6.11. The van der Waals surface area contributed by atoms with Crippen LogP contribution in [0.4, 0.5) is 0 Å². The maximum Gasteiger partial charge on any atom is 0.144 e. The SMILES string of the molecule is CC(C)(C)S(=O)N=CCC(c1ccncc1)C1CC1. The molecule has 0 aliphatic heterocycles. The Morgan fingerprint density at radius 1 is 1.42 bits per heavy atom. The normalized spacial score (nSPS) is 19.5. The van der Waals surface area contributed by atoms with Crippen molar-refractivity contribution in [1.29, 1.82) is 0 Å². The molecule has 2 rings (SSSR count). The topological polar surface area (TPSA) is 42.3 Å². The number of aromatic nitrogens is 1. The van der Waals surface area contributed by atoms with Crippen LogP contribution in [0.1, 0.15) is 51.5 Å². The molecule has 1 aromatic rings. The molecule has 1 heterocycles. The summed E-state index contributed by atoms with van der Waals surface area (Å²) < 4.78 is 15.8. The Kier molecular flexibility index (Phi) is 4.50. The first kappa shape index (κ1) is 14.4. The molecule has 0 aromatic carbocycles. The van der Waals surface area contributed by atoms with E-state index in [-0.39, 0.29) is 4.75 Å². The van der Waals surface area contributed by atoms with Crippen molar-refractivity contribution in [2.75, 3.05) is 0 Å². The lowest BCUT2D eigenvalue weighted by atomic mass is 9.92. The summed E-state index contributed by atoms with van der Waals surface area (Å²) in [6, 6.07) is 4.16. The van der Waals surface area contributed by atoms with Gasteiger partial charge in [0.2, 0.25) is 0 Å². The fourth-order valence-electron chi connectivity index (χ4n) is 2.09. The second-order valence-corrected chi connectivity index (χ2v) is 8.04. The standard InChI is InChI=1S/C15H22N2OS/c1-15(2,3)19(18)17-11-8-14(12-4-5-12)13-6-9-16-10-7-13/h6-7,9-12,14H,4-5,8H2,1-3H3. The van der Waals surface area contributed by atoms with Gasteiger partial charge in [-0.1, -0.05) is 0 Å². The van der Waals surface area contributed by atoms with Crippen LogP contribution in [0.15, 0.2) is 28.9 Å². The molecule has 2 atom stereocenters. The minimum Gasteiger partial charge on any atom is -0.265 e. The molecule has 1 aliphatic rings. The average molecular weight is 278 g/mol. The van der Waals surface area contributed by atoms with Gasteiger partial charge in [0.25, 0.3) is 0 Å². The average Bonchev–Trinajstić information content (AvgIpc) is 3.18. The van der Waals surface area contributed by atoms with Crippen LogP contribution in [0.3, 0.4) is 0 Å². The van der Waals surface area contributed by atoms with E-state index < -0.39 is 11.0 Å². The van der Waals surface area contributed by atoms with Crippen molar-refractivity contribution < 1.29 is 4.21 Å². The molecule has 1 aliphatic carbocycles. The Labute approximate surface area is 118 Å². The van der Waals surface area contributed by atoms with E-state index in [1.807, 2.05) is 39.4 Å². The zero-order valence-electron chi connectivity index (χ0n) is 11.9. The maximum absolute atomic E-state index is 11.9. The van der Waals surface area contributed by atoms with E-state index in [0.29, 0.717) is 5.92 Å². The van der Waals surface area contributed by atoms with Crippen LogP contribution in [0.2, 0.25) is 0 Å². The molecule has 0 saturated heterocycles. The third-order valence-electron chi connectivity index (χ3n) is 3.38. The third kappa shape index (κ3) is 4.23. The van der Waals surface area contributed by atoms with Crippen molar-refractivity contribution >= 4 is 17.2 Å². The predicted octanol–water partition coefficient (Wildman–Crippen LogP) is 3.50. The number of pyridine rings is 1. The highest BCUT2D eigenvalue weighted by Gasteiger charge is 2.31. The van der Waals surface area contributed by atoms with Crippen molar-refractivity contribution in [3.05, 3.63) is 30.1 Å². The van der Waals surface area contributed by atoms with Crippen LogP contribution in [-0.4, -0.2) is 20.2 Å². The van der Waals surface area contributed by atoms with E-state index in [0.717, 1.165) is 12.3 Å². The molecule has 1 fully saturated rings. The number of hydrogen-bond donors (Lipinski definition) is 0. The molecule has 0 spiro atoms. The van der Waals surface area contributed by atoms with Gasteiger partial charge in [-0.15, -0.1) is 0 Å². The molecule has 104 valence electrons. The summed E-state index contributed by atoms with van der Waals surface area (Å²) in [6.07, 6.45) is 9.00. The minimum absolute atomic E-state index is 0.276. The molecular weight excluding hydrogens is 256 g/mol. The summed E-state index contributed by atoms with van der Waals surface area (Å²) in [6.45, 7) is 5.84. The van der Waals surface area contributed by atoms with Crippen molar-refractivity contribution in [2.24, 2.45) is 10.3 Å². The Balaban J connectivity index is 1.99. The summed E-state index contributed by atoms with van der Waals surface area (Å²) in [5, 5.41) is 0. The summed E-state index contributed by atoms with van der Waals surface area (Å²) in [5.74, 6) is 1.26. The molecule has 0 bridgehead atoms. The lowest BCUT2D eigenvalue weighted by molar-refractivity contribution is 0.630. The van der Waals surface area contributed by atoms with Crippen molar-refractivity contribution in [3.63, 3.8) is 0 Å². The fourth-order valence-corrected chi connectivity index (χ4v) is 2.63. The van der Waals surface area contributed by atoms with Gasteiger partial charge in [-0.05, 0) is 69.6 Å². The molecular formula is C15H22N2OS. The van der Waals surface area contributed by atoms with E-state index in [9.17, 15) is 4.21 Å². The summed E-state index contributed by atoms with van der Waals surface area (Å²) in [7, 11) is -1.15. The zero-order chi connectivity index (χ0) is 13.9. The Morgan fingerprint density at radius 2 is 2.05 bits per heavy atom. The first-order valence-electron chi connectivity index (χ1n) is 6.83. The molecule has 0 radical (unpaired) electrons. The monoisotopic (exact) mass is 278 g/mol. The zero-order valence-corrected chi connectivity index (χ0v) is 12.7. The molecule has 1 aromatic heterocycles. The molecule has 3 nitrogen and oxygen atoms in total. The van der Waals surface area contributed by atoms with Crippen LogP contribution in [0, 0.1) is 5.92 Å². The van der Waals surface area contributed by atoms with Crippen LogP contribution in [0.25, 0.3) is 0 Å². The Morgan fingerprint density at radius 3 is 2.58 bits per heavy atom. The Hall–Kier alpha value is -1.03. The maximum atomic E-state index is 11.9. The van der Waals surface area contributed by atoms with E-state index in [1.165, 1.54) is 18.4 Å². The van der Waals surface area contributed by atoms with Crippen LogP contribution in [0.5, 0.6) is 0 Å². The van der Waals surface area contributed by atoms with Gasteiger partial charge in [0, 0.05) is 18.6 Å². The van der Waals surface area contributed by atoms with Gasteiger partial charge in [-0.25, -0.2) is 4.21 Å². The smallest absolute Gasteiger partial charge is 0.144 e. The van der Waals surface area contributed by atoms with Crippen LogP contribution >= 0.6 is 0 Å². The van der Waals surface area contributed by atoms with Gasteiger partial charge < -0.3 is 0 Å². The van der Waals surface area contributed by atoms with Crippen LogP contribution in [-0.2, 0) is 11.0 Å². The largest absolute Gasteiger partial charge is 0.265 e. The van der Waals surface area contributed by atoms with Crippen molar-refractivity contribution in [3.8, 4) is 0 Å². The Bertz CT molecular complexity index is 461. The lowest BCUT2D eigenvalue weighted by Crippen LogP contribution is -2.19. The van der Waals surface area contributed by atoms with Crippen molar-refractivity contribution in [1.82, 2.24) is 4.98 Å². The van der Waals surface area contributed by atoms with Gasteiger partial charge in [0.1, 0.15) is 11.0 Å². The fraction of sp³-hybridized carbons (Fsp3) is 0.600. The highest BCUT2D eigenvalue weighted by atomic mass is 32.2. The van der Waals surface area contributed by atoms with Crippen LogP contribution < -0.4 is 0 Å². The van der Waals surface area contributed by atoms with E-state index in [2.05, 4.69) is 21.5 Å². The van der Waals surface area contributed by atoms with Gasteiger partial charge in [-0.2, -0.15) is 4.40 Å². The number of rotatable bonds is 5. The van der Waals surface area contributed by atoms with Gasteiger partial charge in [0.15, 0.2) is 0 Å². The number of hydrogen-bond acceptors (Lipinski definition) is 2. The van der Waals surface area contributed by atoms with Gasteiger partial charge in [-0.3, -0.25) is 4.98 Å². The summed E-state index contributed by atoms with van der Waals surface area (Å²) in [4.78, 5) is 4.07. The summed E-state index contributed by atoms with van der Waals surface area (Å²) in [5.41, 5.74) is 1.32. The lowest BCUT2D eigenvalue weighted by Gasteiger charge is -2.15. The quantitative estimate of drug-likeness (QED) is 0.774. The molecule has 0 N–H and O–H groups in total. The molecule has 4 heteroatoms. The first-order chi connectivity index (χ1) is 8.98.